The Hall–Kier alpha value is -1.44. The third kappa shape index (κ3) is 4.10. The topological polar surface area (TPSA) is 25.2 Å². The van der Waals surface area contributed by atoms with E-state index in [9.17, 15) is 0 Å². The van der Waals surface area contributed by atoms with Crippen LogP contribution in [-0.2, 0) is 0 Å². The van der Waals surface area contributed by atoms with Crippen molar-refractivity contribution in [3.05, 3.63) is 41.2 Å². The molecule has 1 rings (SSSR count). The Bertz CT molecular complexity index is 425. The molecule has 0 bridgehead atoms. The van der Waals surface area contributed by atoms with Crippen LogP contribution < -0.4 is 0 Å². The van der Waals surface area contributed by atoms with Gasteiger partial charge in [-0.15, -0.1) is 0 Å². The van der Waals surface area contributed by atoms with Gasteiger partial charge in [-0.1, -0.05) is 38.5 Å². The third-order valence-corrected chi connectivity index (χ3v) is 3.06. The first-order valence-electron chi connectivity index (χ1n) is 6.66. The predicted molar refractivity (Wildman–Crippen MR) is 79.3 cm³/mol. The minimum absolute atomic E-state index is 0.562. The molecule has 0 aliphatic heterocycles. The largest absolute Gasteiger partial charge is 0.290 e. The van der Waals surface area contributed by atoms with Gasteiger partial charge in [0.1, 0.15) is 0 Å². The van der Waals surface area contributed by atoms with Gasteiger partial charge in [-0.3, -0.25) is 9.98 Å². The lowest BCUT2D eigenvalue weighted by molar-refractivity contribution is 0.747. The number of aromatic nitrogens is 1. The zero-order valence-corrected chi connectivity index (χ0v) is 12.2. The minimum atomic E-state index is 0.562. The van der Waals surface area contributed by atoms with Crippen LogP contribution in [-0.4, -0.2) is 17.7 Å². The first-order valence-corrected chi connectivity index (χ1v) is 6.66. The Morgan fingerprint density at radius 3 is 2.56 bits per heavy atom. The number of aliphatic imine (C=N–C) groups is 1. The van der Waals surface area contributed by atoms with Gasteiger partial charge in [0.2, 0.25) is 0 Å². The van der Waals surface area contributed by atoms with E-state index >= 15 is 0 Å². The fourth-order valence-corrected chi connectivity index (χ4v) is 1.89. The second kappa shape index (κ2) is 7.10. The number of nitrogens with zero attached hydrogens (tertiary/aromatic N) is 2. The van der Waals surface area contributed by atoms with Crippen molar-refractivity contribution in [3.8, 4) is 0 Å². The van der Waals surface area contributed by atoms with Gasteiger partial charge in [-0.2, -0.15) is 0 Å². The number of hydrogen-bond acceptors (Lipinski definition) is 2. The first-order chi connectivity index (χ1) is 8.58. The quantitative estimate of drug-likeness (QED) is 0.563. The van der Waals surface area contributed by atoms with Crippen molar-refractivity contribution in [1.29, 1.82) is 0 Å². The van der Waals surface area contributed by atoms with Gasteiger partial charge in [-0.05, 0) is 30.9 Å². The summed E-state index contributed by atoms with van der Waals surface area (Å²) in [6.07, 6.45) is 6.19. The summed E-state index contributed by atoms with van der Waals surface area (Å²) >= 11 is 0. The summed E-state index contributed by atoms with van der Waals surface area (Å²) in [6, 6.07) is 4.15. The van der Waals surface area contributed by atoms with E-state index in [0.29, 0.717) is 5.92 Å². The highest BCUT2D eigenvalue weighted by Crippen LogP contribution is 2.18. The molecule has 1 aromatic heterocycles. The lowest BCUT2D eigenvalue weighted by atomic mass is 9.95. The molecule has 0 aromatic carbocycles. The fraction of sp³-hybridized carbons (Fsp3) is 0.500. The zero-order chi connectivity index (χ0) is 13.5. The highest BCUT2D eigenvalue weighted by atomic mass is 14.8. The van der Waals surface area contributed by atoms with Crippen molar-refractivity contribution in [3.63, 3.8) is 0 Å². The summed E-state index contributed by atoms with van der Waals surface area (Å²) in [6.45, 7) is 8.69. The van der Waals surface area contributed by atoms with Crippen LogP contribution in [0.1, 0.15) is 44.9 Å². The number of pyridine rings is 1. The Morgan fingerprint density at radius 2 is 2.11 bits per heavy atom. The van der Waals surface area contributed by atoms with Gasteiger partial charge in [0.25, 0.3) is 0 Å². The summed E-state index contributed by atoms with van der Waals surface area (Å²) in [5.74, 6) is 0.562. The van der Waals surface area contributed by atoms with E-state index < -0.39 is 0 Å². The van der Waals surface area contributed by atoms with Crippen LogP contribution in [0.5, 0.6) is 0 Å². The highest BCUT2D eigenvalue weighted by Gasteiger charge is 2.10. The fourth-order valence-electron chi connectivity index (χ4n) is 1.89. The zero-order valence-electron chi connectivity index (χ0n) is 12.2. The van der Waals surface area contributed by atoms with Gasteiger partial charge in [-0.25, -0.2) is 0 Å². The Balaban J connectivity index is 2.92. The van der Waals surface area contributed by atoms with Gasteiger partial charge >= 0.3 is 0 Å². The minimum Gasteiger partial charge on any atom is -0.290 e. The van der Waals surface area contributed by atoms with E-state index in [1.165, 1.54) is 11.1 Å². The van der Waals surface area contributed by atoms with Crippen LogP contribution in [0.2, 0.25) is 0 Å². The van der Waals surface area contributed by atoms with Gasteiger partial charge < -0.3 is 0 Å². The van der Waals surface area contributed by atoms with E-state index in [-0.39, 0.29) is 0 Å². The number of aryl methyl sites for hydroxylation is 1. The van der Waals surface area contributed by atoms with Crippen LogP contribution in [0.3, 0.4) is 0 Å². The van der Waals surface area contributed by atoms with Crippen LogP contribution in [0.4, 0.5) is 0 Å². The van der Waals surface area contributed by atoms with E-state index in [1.807, 2.05) is 13.2 Å². The van der Waals surface area contributed by atoms with E-state index in [4.69, 9.17) is 0 Å². The van der Waals surface area contributed by atoms with E-state index in [2.05, 4.69) is 55.9 Å². The lowest BCUT2D eigenvalue weighted by Gasteiger charge is -2.13. The van der Waals surface area contributed by atoms with E-state index in [0.717, 1.165) is 24.2 Å². The first kappa shape index (κ1) is 14.6. The van der Waals surface area contributed by atoms with Gasteiger partial charge in [0.05, 0.1) is 11.4 Å². The summed E-state index contributed by atoms with van der Waals surface area (Å²) in [5.41, 5.74) is 4.69. The lowest BCUT2D eigenvalue weighted by Crippen LogP contribution is -2.08. The van der Waals surface area contributed by atoms with Crippen molar-refractivity contribution in [1.82, 2.24) is 4.98 Å². The standard InChI is InChI=1S/C16H24N2/c1-6-7-14(12(2)3)10-16(17-5)15-9-8-13(4)11-18-15/h7-9,11-12H,6,10H2,1-5H3/b14-7+,17-16?. The molecule has 0 aliphatic carbocycles. The molecule has 18 heavy (non-hydrogen) atoms. The number of hydrogen-bond donors (Lipinski definition) is 0. The van der Waals surface area contributed by atoms with Gasteiger partial charge in [0, 0.05) is 19.7 Å². The molecule has 0 spiro atoms. The maximum atomic E-state index is 4.46. The maximum absolute atomic E-state index is 4.46. The Morgan fingerprint density at radius 1 is 1.39 bits per heavy atom. The van der Waals surface area contributed by atoms with Crippen molar-refractivity contribution >= 4 is 5.71 Å². The summed E-state index contributed by atoms with van der Waals surface area (Å²) in [7, 11) is 1.85. The van der Waals surface area contributed by atoms with Crippen molar-refractivity contribution in [2.45, 2.75) is 40.5 Å². The molecule has 2 heteroatoms. The molecule has 0 aliphatic rings. The Labute approximate surface area is 111 Å². The monoisotopic (exact) mass is 244 g/mol. The average molecular weight is 244 g/mol. The smallest absolute Gasteiger partial charge is 0.0843 e. The van der Waals surface area contributed by atoms with Crippen molar-refractivity contribution < 1.29 is 0 Å². The molecule has 1 heterocycles. The van der Waals surface area contributed by atoms with Crippen LogP contribution in [0.25, 0.3) is 0 Å². The molecule has 0 unspecified atom stereocenters. The summed E-state index contributed by atoms with van der Waals surface area (Å²) < 4.78 is 0. The highest BCUT2D eigenvalue weighted by molar-refractivity contribution is 6.00. The summed E-state index contributed by atoms with van der Waals surface area (Å²) in [5, 5.41) is 0. The molecule has 0 atom stereocenters. The number of rotatable bonds is 5. The molecular formula is C16H24N2. The van der Waals surface area contributed by atoms with Crippen LogP contribution in [0.15, 0.2) is 35.0 Å². The summed E-state index contributed by atoms with van der Waals surface area (Å²) in [4.78, 5) is 8.87. The predicted octanol–water partition coefficient (Wildman–Crippen LogP) is 4.19. The van der Waals surface area contributed by atoms with E-state index in [1.54, 1.807) is 0 Å². The molecule has 1 aromatic rings. The van der Waals surface area contributed by atoms with Crippen molar-refractivity contribution in [2.24, 2.45) is 10.9 Å². The molecule has 2 nitrogen and oxygen atoms in total. The molecule has 0 radical (unpaired) electrons. The molecule has 98 valence electrons. The van der Waals surface area contributed by atoms with Gasteiger partial charge in [0.15, 0.2) is 0 Å². The number of allylic oxidation sites excluding steroid dienone is 2. The maximum Gasteiger partial charge on any atom is 0.0843 e. The molecule has 0 amide bonds. The van der Waals surface area contributed by atoms with Crippen LogP contribution >= 0.6 is 0 Å². The second-order valence-electron chi connectivity index (χ2n) is 4.91. The van der Waals surface area contributed by atoms with Crippen LogP contribution in [0, 0.1) is 12.8 Å². The normalized spacial score (nSPS) is 13.2. The third-order valence-electron chi connectivity index (χ3n) is 3.06. The van der Waals surface area contributed by atoms with Crippen molar-refractivity contribution in [2.75, 3.05) is 7.05 Å². The molecule has 0 N–H and O–H groups in total. The average Bonchev–Trinajstić information content (AvgIpc) is 2.35. The molecular weight excluding hydrogens is 220 g/mol. The molecule has 0 saturated heterocycles. The molecule has 0 fully saturated rings. The SMILES string of the molecule is CC/C=C(\CC(=NC)c1ccc(C)cn1)C(C)C. The second-order valence-corrected chi connectivity index (χ2v) is 4.91. The Kier molecular flexibility index (Phi) is 5.76. The molecule has 0 saturated carbocycles.